The molecule has 8 heteroatoms. The molecule has 4 aromatic rings. The van der Waals surface area contributed by atoms with E-state index < -0.39 is 0 Å². The molecule has 0 saturated heterocycles. The lowest BCUT2D eigenvalue weighted by Gasteiger charge is -2.05. The van der Waals surface area contributed by atoms with Crippen molar-refractivity contribution in [1.29, 1.82) is 0 Å². The molecule has 150 valence electrons. The van der Waals surface area contributed by atoms with E-state index >= 15 is 0 Å². The molecule has 2 N–H and O–H groups in total. The zero-order valence-corrected chi connectivity index (χ0v) is 17.5. The van der Waals surface area contributed by atoms with E-state index in [0.29, 0.717) is 16.2 Å². The van der Waals surface area contributed by atoms with Crippen molar-refractivity contribution in [3.8, 4) is 11.3 Å². The Morgan fingerprint density at radius 1 is 0.867 bits per heavy atom. The Kier molecular flexibility index (Phi) is 5.24. The minimum absolute atomic E-state index is 0.119. The SMILES string of the molecule is CC(=O)Nc1ccc(-c2csc(NC(=O)c3ccc4nc(C)c(C)nc4c3)n2)cc1. The molecular formula is C22H19N5O2S. The molecule has 0 aliphatic carbocycles. The van der Waals surface area contributed by atoms with E-state index in [1.165, 1.54) is 18.3 Å². The first-order valence-corrected chi connectivity index (χ1v) is 10.2. The van der Waals surface area contributed by atoms with Crippen LogP contribution in [0.4, 0.5) is 10.8 Å². The molecule has 0 spiro atoms. The van der Waals surface area contributed by atoms with E-state index in [1.54, 1.807) is 18.2 Å². The minimum atomic E-state index is -0.251. The molecule has 2 aromatic carbocycles. The molecule has 0 aliphatic heterocycles. The molecule has 7 nitrogen and oxygen atoms in total. The van der Waals surface area contributed by atoms with E-state index in [9.17, 15) is 9.59 Å². The number of nitrogens with zero attached hydrogens (tertiary/aromatic N) is 3. The summed E-state index contributed by atoms with van der Waals surface area (Å²) in [4.78, 5) is 37.3. The van der Waals surface area contributed by atoms with E-state index in [2.05, 4.69) is 25.6 Å². The number of anilines is 2. The third kappa shape index (κ3) is 4.18. The van der Waals surface area contributed by atoms with Gasteiger partial charge in [0.15, 0.2) is 5.13 Å². The zero-order valence-electron chi connectivity index (χ0n) is 16.7. The van der Waals surface area contributed by atoms with Crippen LogP contribution in [0.15, 0.2) is 47.8 Å². The van der Waals surface area contributed by atoms with Crippen molar-refractivity contribution in [2.24, 2.45) is 0 Å². The third-order valence-electron chi connectivity index (χ3n) is 4.56. The van der Waals surface area contributed by atoms with Gasteiger partial charge in [0, 0.05) is 29.1 Å². The van der Waals surface area contributed by atoms with Gasteiger partial charge >= 0.3 is 0 Å². The van der Waals surface area contributed by atoms with Gasteiger partial charge in [0.2, 0.25) is 5.91 Å². The highest BCUT2D eigenvalue weighted by Crippen LogP contribution is 2.26. The molecule has 30 heavy (non-hydrogen) atoms. The van der Waals surface area contributed by atoms with Crippen LogP contribution in [-0.4, -0.2) is 26.8 Å². The number of benzene rings is 2. The molecule has 4 rings (SSSR count). The summed E-state index contributed by atoms with van der Waals surface area (Å²) >= 11 is 1.35. The van der Waals surface area contributed by atoms with Crippen LogP contribution in [0.5, 0.6) is 0 Å². The number of aromatic nitrogens is 3. The Hall–Kier alpha value is -3.65. The quantitative estimate of drug-likeness (QED) is 0.507. The van der Waals surface area contributed by atoms with Crippen molar-refractivity contribution in [2.75, 3.05) is 10.6 Å². The predicted octanol–water partition coefficient (Wildman–Crippen LogP) is 4.58. The molecule has 2 aromatic heterocycles. The number of aryl methyl sites for hydroxylation is 2. The zero-order chi connectivity index (χ0) is 21.3. The molecule has 0 fully saturated rings. The van der Waals surface area contributed by atoms with Crippen LogP contribution in [0, 0.1) is 13.8 Å². The summed E-state index contributed by atoms with van der Waals surface area (Å²) in [6.45, 7) is 5.28. The van der Waals surface area contributed by atoms with Gasteiger partial charge in [-0.3, -0.25) is 14.9 Å². The standard InChI is InChI=1S/C22H19N5O2S/c1-12-13(2)24-19-10-16(6-9-18(19)23-12)21(29)27-22-26-20(11-30-22)15-4-7-17(8-5-15)25-14(3)28/h4-11H,1-3H3,(H,25,28)(H,26,27,29). The third-order valence-corrected chi connectivity index (χ3v) is 5.32. The average molecular weight is 417 g/mol. The van der Waals surface area contributed by atoms with Crippen molar-refractivity contribution in [3.05, 3.63) is 64.8 Å². The summed E-state index contributed by atoms with van der Waals surface area (Å²) in [6.07, 6.45) is 0. The lowest BCUT2D eigenvalue weighted by molar-refractivity contribution is -0.114. The molecule has 0 saturated carbocycles. The van der Waals surface area contributed by atoms with E-state index in [4.69, 9.17) is 0 Å². The molecule has 0 atom stereocenters. The highest BCUT2D eigenvalue weighted by molar-refractivity contribution is 7.14. The van der Waals surface area contributed by atoms with Gasteiger partial charge in [-0.05, 0) is 44.2 Å². The highest BCUT2D eigenvalue weighted by atomic mass is 32.1. The number of hydrogen-bond acceptors (Lipinski definition) is 6. The largest absolute Gasteiger partial charge is 0.326 e. The minimum Gasteiger partial charge on any atom is -0.326 e. The van der Waals surface area contributed by atoms with Gasteiger partial charge in [0.05, 0.1) is 28.1 Å². The fraction of sp³-hybridized carbons (Fsp3) is 0.136. The van der Waals surface area contributed by atoms with Gasteiger partial charge in [-0.1, -0.05) is 12.1 Å². The number of carbonyl (C=O) groups excluding carboxylic acids is 2. The maximum atomic E-state index is 12.7. The van der Waals surface area contributed by atoms with Gasteiger partial charge < -0.3 is 5.32 Å². The van der Waals surface area contributed by atoms with Crippen molar-refractivity contribution in [1.82, 2.24) is 15.0 Å². The van der Waals surface area contributed by atoms with Crippen molar-refractivity contribution < 1.29 is 9.59 Å². The van der Waals surface area contributed by atoms with Crippen molar-refractivity contribution in [2.45, 2.75) is 20.8 Å². The van der Waals surface area contributed by atoms with Gasteiger partial charge in [-0.25, -0.2) is 15.0 Å². The summed E-state index contributed by atoms with van der Waals surface area (Å²) in [5, 5.41) is 7.95. The van der Waals surface area contributed by atoms with E-state index in [0.717, 1.165) is 33.8 Å². The second kappa shape index (κ2) is 8.00. The number of amides is 2. The summed E-state index contributed by atoms with van der Waals surface area (Å²) in [5.41, 5.74) is 6.03. The molecule has 0 radical (unpaired) electrons. The van der Waals surface area contributed by atoms with Crippen LogP contribution in [0.2, 0.25) is 0 Å². The van der Waals surface area contributed by atoms with Gasteiger partial charge in [0.25, 0.3) is 5.91 Å². The second-order valence-corrected chi connectivity index (χ2v) is 7.71. The second-order valence-electron chi connectivity index (χ2n) is 6.85. The number of carbonyl (C=O) groups is 2. The van der Waals surface area contributed by atoms with Crippen LogP contribution in [-0.2, 0) is 4.79 Å². The molecule has 2 amide bonds. The lowest BCUT2D eigenvalue weighted by Crippen LogP contribution is -2.11. The fourth-order valence-corrected chi connectivity index (χ4v) is 3.65. The first-order valence-electron chi connectivity index (χ1n) is 9.29. The maximum Gasteiger partial charge on any atom is 0.257 e. The van der Waals surface area contributed by atoms with Crippen molar-refractivity contribution >= 4 is 45.0 Å². The fourth-order valence-electron chi connectivity index (χ4n) is 2.93. The van der Waals surface area contributed by atoms with Crippen LogP contribution in [0.3, 0.4) is 0 Å². The Labute approximate surface area is 177 Å². The lowest BCUT2D eigenvalue weighted by atomic mass is 10.1. The summed E-state index contributed by atoms with van der Waals surface area (Å²) < 4.78 is 0. The Morgan fingerprint density at radius 3 is 2.27 bits per heavy atom. The predicted molar refractivity (Wildman–Crippen MR) is 119 cm³/mol. The number of nitrogens with one attached hydrogen (secondary N) is 2. The summed E-state index contributed by atoms with van der Waals surface area (Å²) in [6, 6.07) is 12.6. The number of hydrogen-bond donors (Lipinski definition) is 2. The van der Waals surface area contributed by atoms with Crippen LogP contribution in [0.25, 0.3) is 22.3 Å². The van der Waals surface area contributed by atoms with Crippen molar-refractivity contribution in [3.63, 3.8) is 0 Å². The molecular weight excluding hydrogens is 398 g/mol. The van der Waals surface area contributed by atoms with Gasteiger partial charge in [-0.15, -0.1) is 11.3 Å². The number of thiazole rings is 1. The Morgan fingerprint density at radius 2 is 1.57 bits per heavy atom. The normalized spacial score (nSPS) is 10.8. The molecule has 0 bridgehead atoms. The first-order chi connectivity index (χ1) is 14.4. The maximum absolute atomic E-state index is 12.7. The van der Waals surface area contributed by atoms with E-state index in [1.807, 2.05) is 43.5 Å². The van der Waals surface area contributed by atoms with Crippen LogP contribution >= 0.6 is 11.3 Å². The summed E-state index contributed by atoms with van der Waals surface area (Å²) in [7, 11) is 0. The Balaban J connectivity index is 1.50. The number of fused-ring (bicyclic) bond motifs is 1. The van der Waals surface area contributed by atoms with E-state index in [-0.39, 0.29) is 11.8 Å². The smallest absolute Gasteiger partial charge is 0.257 e. The average Bonchev–Trinajstić information content (AvgIpc) is 3.17. The van der Waals surface area contributed by atoms with Crippen LogP contribution < -0.4 is 10.6 Å². The number of rotatable bonds is 4. The highest BCUT2D eigenvalue weighted by Gasteiger charge is 2.12. The Bertz CT molecular complexity index is 1260. The molecule has 0 unspecified atom stereocenters. The van der Waals surface area contributed by atoms with Crippen LogP contribution in [0.1, 0.15) is 28.7 Å². The molecule has 0 aliphatic rings. The first kappa shape index (κ1) is 19.7. The van der Waals surface area contributed by atoms with Gasteiger partial charge in [-0.2, -0.15) is 0 Å². The summed E-state index contributed by atoms with van der Waals surface area (Å²) in [5.74, 6) is -0.370. The monoisotopic (exact) mass is 417 g/mol. The topological polar surface area (TPSA) is 96.9 Å². The molecule has 2 heterocycles. The van der Waals surface area contributed by atoms with Gasteiger partial charge in [0.1, 0.15) is 0 Å².